The van der Waals surface area contributed by atoms with Crippen LogP contribution in [0, 0.1) is 0 Å². The molecule has 0 aliphatic carbocycles. The van der Waals surface area contributed by atoms with Crippen LogP contribution >= 0.6 is 0 Å². The molecule has 5 heteroatoms. The smallest absolute Gasteiger partial charge is 0.335 e. The van der Waals surface area contributed by atoms with Crippen molar-refractivity contribution in [3.05, 3.63) is 60.3 Å². The molecule has 0 spiro atoms. The van der Waals surface area contributed by atoms with E-state index in [1.165, 1.54) is 0 Å². The number of hydrogen-bond acceptors (Lipinski definition) is 3. The lowest BCUT2D eigenvalue weighted by molar-refractivity contribution is 0.0697. The Labute approximate surface area is 125 Å². The zero-order valence-corrected chi connectivity index (χ0v) is 11.4. The van der Waals surface area contributed by atoms with Gasteiger partial charge in [-0.25, -0.2) is 4.79 Å². The van der Waals surface area contributed by atoms with Gasteiger partial charge in [0.05, 0.1) is 16.6 Å². The number of carbonyl (C=O) groups is 1. The van der Waals surface area contributed by atoms with Crippen molar-refractivity contribution in [1.82, 2.24) is 15.2 Å². The molecule has 0 saturated heterocycles. The van der Waals surface area contributed by atoms with Gasteiger partial charge >= 0.3 is 5.97 Å². The second-order valence-corrected chi connectivity index (χ2v) is 5.05. The molecule has 4 rings (SSSR count). The SMILES string of the molecule is O=C(O)c1ccc2c(-c3cnc4ccccc4c3)n[nH]c2c1. The number of para-hydroxylation sites is 1. The van der Waals surface area contributed by atoms with Crippen LogP contribution in [0.2, 0.25) is 0 Å². The van der Waals surface area contributed by atoms with Gasteiger partial charge in [0.25, 0.3) is 0 Å². The van der Waals surface area contributed by atoms with Crippen molar-refractivity contribution in [2.75, 3.05) is 0 Å². The molecule has 2 heterocycles. The molecule has 0 bridgehead atoms. The number of carboxylic acids is 1. The molecule has 22 heavy (non-hydrogen) atoms. The van der Waals surface area contributed by atoms with Gasteiger partial charge in [-0.2, -0.15) is 5.10 Å². The molecule has 2 N–H and O–H groups in total. The van der Waals surface area contributed by atoms with Crippen LogP contribution in [0.25, 0.3) is 33.1 Å². The Bertz CT molecular complexity index is 1020. The van der Waals surface area contributed by atoms with Crippen LogP contribution in [0.4, 0.5) is 0 Å². The number of pyridine rings is 1. The van der Waals surface area contributed by atoms with E-state index < -0.39 is 5.97 Å². The summed E-state index contributed by atoms with van der Waals surface area (Å²) in [5.41, 5.74) is 3.53. The first-order chi connectivity index (χ1) is 10.7. The summed E-state index contributed by atoms with van der Waals surface area (Å²) in [6, 6.07) is 14.8. The van der Waals surface area contributed by atoms with Gasteiger partial charge in [0, 0.05) is 22.5 Å². The molecular weight excluding hydrogens is 278 g/mol. The molecule has 0 radical (unpaired) electrons. The summed E-state index contributed by atoms with van der Waals surface area (Å²) in [6.07, 6.45) is 1.78. The predicted octanol–water partition coefficient (Wildman–Crippen LogP) is 3.48. The average molecular weight is 289 g/mol. The van der Waals surface area contributed by atoms with E-state index in [2.05, 4.69) is 15.2 Å². The number of aromatic amines is 1. The van der Waals surface area contributed by atoms with Gasteiger partial charge in [-0.15, -0.1) is 0 Å². The van der Waals surface area contributed by atoms with Crippen LogP contribution < -0.4 is 0 Å². The highest BCUT2D eigenvalue weighted by molar-refractivity contribution is 5.99. The van der Waals surface area contributed by atoms with Gasteiger partial charge in [0.1, 0.15) is 5.69 Å². The van der Waals surface area contributed by atoms with Crippen molar-refractivity contribution in [3.8, 4) is 11.3 Å². The lowest BCUT2D eigenvalue weighted by atomic mass is 10.1. The third-order valence-corrected chi connectivity index (χ3v) is 3.67. The summed E-state index contributed by atoms with van der Waals surface area (Å²) >= 11 is 0. The van der Waals surface area contributed by atoms with Crippen molar-refractivity contribution in [3.63, 3.8) is 0 Å². The normalized spacial score (nSPS) is 11.1. The number of hydrogen-bond donors (Lipinski definition) is 2. The maximum atomic E-state index is 11.0. The number of benzene rings is 2. The number of fused-ring (bicyclic) bond motifs is 2. The van der Waals surface area contributed by atoms with Crippen LogP contribution in [-0.2, 0) is 0 Å². The van der Waals surface area contributed by atoms with Gasteiger partial charge in [-0.1, -0.05) is 18.2 Å². The standard InChI is InChI=1S/C17H11N3O2/c21-17(22)11-5-6-13-15(8-11)19-20-16(13)12-7-10-3-1-2-4-14(10)18-9-12/h1-9H,(H,19,20)(H,21,22). The van der Waals surface area contributed by atoms with Crippen LogP contribution in [0.15, 0.2) is 54.7 Å². The van der Waals surface area contributed by atoms with E-state index in [0.717, 1.165) is 27.5 Å². The largest absolute Gasteiger partial charge is 0.478 e. The van der Waals surface area contributed by atoms with Gasteiger partial charge in [0.2, 0.25) is 0 Å². The molecule has 0 atom stereocenters. The van der Waals surface area contributed by atoms with E-state index in [4.69, 9.17) is 5.11 Å². The Morgan fingerprint density at radius 2 is 1.95 bits per heavy atom. The van der Waals surface area contributed by atoms with E-state index >= 15 is 0 Å². The van der Waals surface area contributed by atoms with Crippen LogP contribution in [0.1, 0.15) is 10.4 Å². The number of nitrogens with one attached hydrogen (secondary N) is 1. The van der Waals surface area contributed by atoms with Crippen molar-refractivity contribution < 1.29 is 9.90 Å². The molecule has 106 valence electrons. The second-order valence-electron chi connectivity index (χ2n) is 5.05. The predicted molar refractivity (Wildman–Crippen MR) is 83.8 cm³/mol. The first kappa shape index (κ1) is 12.5. The molecule has 2 aromatic heterocycles. The Morgan fingerprint density at radius 1 is 1.09 bits per heavy atom. The van der Waals surface area contributed by atoms with E-state index in [-0.39, 0.29) is 5.56 Å². The Balaban J connectivity index is 1.90. The number of H-pyrrole nitrogens is 1. The van der Waals surface area contributed by atoms with Crippen molar-refractivity contribution in [2.24, 2.45) is 0 Å². The highest BCUT2D eigenvalue weighted by Gasteiger charge is 2.11. The van der Waals surface area contributed by atoms with E-state index in [1.54, 1.807) is 24.4 Å². The summed E-state index contributed by atoms with van der Waals surface area (Å²) in [5, 5.41) is 18.2. The fourth-order valence-corrected chi connectivity index (χ4v) is 2.57. The summed E-state index contributed by atoms with van der Waals surface area (Å²) < 4.78 is 0. The Morgan fingerprint density at radius 3 is 2.82 bits per heavy atom. The number of nitrogens with zero attached hydrogens (tertiary/aromatic N) is 2. The fourth-order valence-electron chi connectivity index (χ4n) is 2.57. The maximum absolute atomic E-state index is 11.0. The highest BCUT2D eigenvalue weighted by Crippen LogP contribution is 2.28. The third-order valence-electron chi connectivity index (χ3n) is 3.67. The Kier molecular flexibility index (Phi) is 2.66. The molecule has 0 aliphatic heterocycles. The lowest BCUT2D eigenvalue weighted by Gasteiger charge is -2.01. The van der Waals surface area contributed by atoms with Gasteiger partial charge in [0.15, 0.2) is 0 Å². The topological polar surface area (TPSA) is 78.9 Å². The quantitative estimate of drug-likeness (QED) is 0.592. The average Bonchev–Trinajstić information content (AvgIpc) is 2.97. The van der Waals surface area contributed by atoms with Crippen molar-refractivity contribution in [2.45, 2.75) is 0 Å². The van der Waals surface area contributed by atoms with E-state index in [0.29, 0.717) is 5.52 Å². The monoisotopic (exact) mass is 289 g/mol. The Hall–Kier alpha value is -3.21. The minimum atomic E-state index is -0.953. The molecule has 0 saturated carbocycles. The van der Waals surface area contributed by atoms with E-state index in [1.807, 2.05) is 30.3 Å². The van der Waals surface area contributed by atoms with Gasteiger partial charge < -0.3 is 5.11 Å². The minimum Gasteiger partial charge on any atom is -0.478 e. The van der Waals surface area contributed by atoms with Crippen LogP contribution in [-0.4, -0.2) is 26.3 Å². The van der Waals surface area contributed by atoms with Gasteiger partial charge in [-0.05, 0) is 30.3 Å². The number of aromatic nitrogens is 3. The van der Waals surface area contributed by atoms with Gasteiger partial charge in [-0.3, -0.25) is 10.1 Å². The second kappa shape index (κ2) is 4.66. The van der Waals surface area contributed by atoms with E-state index in [9.17, 15) is 4.79 Å². The zero-order chi connectivity index (χ0) is 15.1. The highest BCUT2D eigenvalue weighted by atomic mass is 16.4. The molecule has 0 unspecified atom stereocenters. The number of aromatic carboxylic acids is 1. The van der Waals surface area contributed by atoms with Crippen molar-refractivity contribution >= 4 is 27.8 Å². The molecule has 5 nitrogen and oxygen atoms in total. The summed E-state index contributed by atoms with van der Waals surface area (Å²) in [6.45, 7) is 0. The lowest BCUT2D eigenvalue weighted by Crippen LogP contribution is -1.94. The maximum Gasteiger partial charge on any atom is 0.335 e. The summed E-state index contributed by atoms with van der Waals surface area (Å²) in [4.78, 5) is 15.5. The summed E-state index contributed by atoms with van der Waals surface area (Å²) in [5.74, 6) is -0.953. The first-order valence-electron chi connectivity index (χ1n) is 6.79. The number of rotatable bonds is 2. The molecule has 4 aromatic rings. The summed E-state index contributed by atoms with van der Waals surface area (Å²) in [7, 11) is 0. The molecule has 0 fully saturated rings. The first-order valence-corrected chi connectivity index (χ1v) is 6.79. The molecule has 2 aromatic carbocycles. The molecule has 0 aliphatic rings. The fraction of sp³-hybridized carbons (Fsp3) is 0. The number of carboxylic acid groups (broad SMARTS) is 1. The third kappa shape index (κ3) is 1.91. The zero-order valence-electron chi connectivity index (χ0n) is 11.4. The van der Waals surface area contributed by atoms with Crippen LogP contribution in [0.5, 0.6) is 0 Å². The van der Waals surface area contributed by atoms with Crippen molar-refractivity contribution in [1.29, 1.82) is 0 Å². The molecular formula is C17H11N3O2. The minimum absolute atomic E-state index is 0.235. The molecule has 0 amide bonds. The van der Waals surface area contributed by atoms with Crippen LogP contribution in [0.3, 0.4) is 0 Å².